The van der Waals surface area contributed by atoms with Crippen LogP contribution < -0.4 is 5.32 Å². The van der Waals surface area contributed by atoms with Crippen LogP contribution in [0.1, 0.15) is 47.2 Å². The molecule has 3 rings (SSSR count). The highest BCUT2D eigenvalue weighted by molar-refractivity contribution is 7.10. The zero-order valence-electron chi connectivity index (χ0n) is 12.7. The molecule has 0 saturated heterocycles. The van der Waals surface area contributed by atoms with Gasteiger partial charge in [-0.1, -0.05) is 30.3 Å². The van der Waals surface area contributed by atoms with Crippen molar-refractivity contribution in [3.63, 3.8) is 0 Å². The Balaban J connectivity index is 1.79. The number of aryl methyl sites for hydroxylation is 1. The molecule has 1 aromatic carbocycles. The normalized spacial score (nSPS) is 18.0. The minimum Gasteiger partial charge on any atom is -0.481 e. The van der Waals surface area contributed by atoms with Gasteiger partial charge in [-0.15, -0.1) is 11.3 Å². The molecular weight excluding hydrogens is 310 g/mol. The van der Waals surface area contributed by atoms with Crippen LogP contribution in [0.2, 0.25) is 0 Å². The fraction of sp³-hybridized carbons (Fsp3) is 0.333. The predicted octanol–water partition coefficient (Wildman–Crippen LogP) is 3.50. The molecule has 1 aliphatic rings. The Morgan fingerprint density at radius 1 is 1.26 bits per heavy atom. The van der Waals surface area contributed by atoms with E-state index in [4.69, 9.17) is 5.11 Å². The first kappa shape index (κ1) is 15.7. The quantitative estimate of drug-likeness (QED) is 0.882. The number of carboxylic acid groups (broad SMARTS) is 1. The number of aliphatic carboxylic acids is 1. The van der Waals surface area contributed by atoms with E-state index in [2.05, 4.69) is 11.4 Å². The summed E-state index contributed by atoms with van der Waals surface area (Å²) in [5.74, 6) is -1.17. The Hall–Kier alpha value is -2.14. The summed E-state index contributed by atoms with van der Waals surface area (Å²) in [5, 5.41) is 14.0. The molecule has 0 spiro atoms. The zero-order chi connectivity index (χ0) is 16.2. The number of hydrogen-bond donors (Lipinski definition) is 2. The Morgan fingerprint density at radius 3 is 2.83 bits per heavy atom. The lowest BCUT2D eigenvalue weighted by Crippen LogP contribution is -2.35. The van der Waals surface area contributed by atoms with Gasteiger partial charge in [0.1, 0.15) is 0 Å². The topological polar surface area (TPSA) is 66.4 Å². The molecule has 0 fully saturated rings. The molecule has 4 nitrogen and oxygen atoms in total. The first-order valence-electron chi connectivity index (χ1n) is 7.78. The van der Waals surface area contributed by atoms with Crippen molar-refractivity contribution in [1.82, 2.24) is 5.32 Å². The number of benzene rings is 1. The van der Waals surface area contributed by atoms with Gasteiger partial charge in [-0.2, -0.15) is 0 Å². The van der Waals surface area contributed by atoms with E-state index in [9.17, 15) is 9.59 Å². The molecule has 2 aromatic rings. The molecule has 2 unspecified atom stereocenters. The maximum Gasteiger partial charge on any atom is 0.305 e. The fourth-order valence-corrected chi connectivity index (χ4v) is 3.96. The van der Waals surface area contributed by atoms with Gasteiger partial charge >= 0.3 is 5.97 Å². The molecule has 0 bridgehead atoms. The lowest BCUT2D eigenvalue weighted by molar-refractivity contribution is -0.137. The van der Waals surface area contributed by atoms with Crippen LogP contribution >= 0.6 is 11.3 Å². The van der Waals surface area contributed by atoms with Gasteiger partial charge in [-0.3, -0.25) is 9.59 Å². The van der Waals surface area contributed by atoms with Crippen molar-refractivity contribution in [2.45, 2.75) is 37.6 Å². The number of thiophene rings is 1. The average molecular weight is 329 g/mol. The maximum atomic E-state index is 12.7. The number of carboxylic acids is 1. The molecule has 0 saturated carbocycles. The lowest BCUT2D eigenvalue weighted by atomic mass is 9.82. The standard InChI is InChI=1S/C18H19NO3S/c20-17(21)11-15(16-9-4-10-23-16)19-18(22)14-8-3-6-12-5-1-2-7-13(12)14/h1-2,4-5,7,9-10,14-15H,3,6,8,11H2,(H,19,22)(H,20,21). The van der Waals surface area contributed by atoms with Crippen molar-refractivity contribution in [3.8, 4) is 0 Å². The third-order valence-corrected chi connectivity index (χ3v) is 5.25. The van der Waals surface area contributed by atoms with Crippen LogP contribution in [0.5, 0.6) is 0 Å². The summed E-state index contributed by atoms with van der Waals surface area (Å²) >= 11 is 1.47. The number of rotatable bonds is 5. The summed E-state index contributed by atoms with van der Waals surface area (Å²) in [6, 6.07) is 11.3. The highest BCUT2D eigenvalue weighted by Gasteiger charge is 2.28. The third kappa shape index (κ3) is 3.62. The highest BCUT2D eigenvalue weighted by Crippen LogP contribution is 2.32. The van der Waals surface area contributed by atoms with Gasteiger partial charge in [0, 0.05) is 4.88 Å². The van der Waals surface area contributed by atoms with Crippen LogP contribution in [-0.4, -0.2) is 17.0 Å². The van der Waals surface area contributed by atoms with Crippen LogP contribution in [0.4, 0.5) is 0 Å². The molecule has 2 N–H and O–H groups in total. The van der Waals surface area contributed by atoms with Crippen molar-refractivity contribution in [2.75, 3.05) is 0 Å². The van der Waals surface area contributed by atoms with E-state index in [0.717, 1.165) is 29.7 Å². The lowest BCUT2D eigenvalue weighted by Gasteiger charge is -2.26. The monoisotopic (exact) mass is 329 g/mol. The molecule has 5 heteroatoms. The predicted molar refractivity (Wildman–Crippen MR) is 89.6 cm³/mol. The molecule has 2 atom stereocenters. The van der Waals surface area contributed by atoms with Crippen LogP contribution in [0, 0.1) is 0 Å². The van der Waals surface area contributed by atoms with Crippen LogP contribution in [0.3, 0.4) is 0 Å². The molecule has 1 heterocycles. The summed E-state index contributed by atoms with van der Waals surface area (Å²) in [7, 11) is 0. The van der Waals surface area contributed by atoms with E-state index < -0.39 is 12.0 Å². The first-order valence-corrected chi connectivity index (χ1v) is 8.66. The van der Waals surface area contributed by atoms with Crippen molar-refractivity contribution >= 4 is 23.2 Å². The summed E-state index contributed by atoms with van der Waals surface area (Å²) in [6.07, 6.45) is 2.70. The largest absolute Gasteiger partial charge is 0.481 e. The van der Waals surface area contributed by atoms with Gasteiger partial charge in [-0.05, 0) is 41.8 Å². The first-order chi connectivity index (χ1) is 11.1. The van der Waals surface area contributed by atoms with Crippen LogP contribution in [-0.2, 0) is 16.0 Å². The van der Waals surface area contributed by atoms with E-state index in [0.29, 0.717) is 0 Å². The number of hydrogen-bond acceptors (Lipinski definition) is 3. The van der Waals surface area contributed by atoms with Crippen molar-refractivity contribution in [3.05, 3.63) is 57.8 Å². The molecule has 23 heavy (non-hydrogen) atoms. The van der Waals surface area contributed by atoms with Gasteiger partial charge in [0.25, 0.3) is 0 Å². The average Bonchev–Trinajstić information content (AvgIpc) is 3.07. The number of amides is 1. The summed E-state index contributed by atoms with van der Waals surface area (Å²) < 4.78 is 0. The number of carbonyl (C=O) groups excluding carboxylic acids is 1. The maximum absolute atomic E-state index is 12.7. The second-order valence-corrected chi connectivity index (χ2v) is 6.80. The molecule has 0 radical (unpaired) electrons. The smallest absolute Gasteiger partial charge is 0.305 e. The molecular formula is C18H19NO3S. The second kappa shape index (κ2) is 6.96. The van der Waals surface area contributed by atoms with Gasteiger partial charge in [-0.25, -0.2) is 0 Å². The number of fused-ring (bicyclic) bond motifs is 1. The molecule has 1 amide bonds. The van der Waals surface area contributed by atoms with Crippen molar-refractivity contribution < 1.29 is 14.7 Å². The number of carbonyl (C=O) groups is 2. The number of nitrogens with one attached hydrogen (secondary N) is 1. The molecule has 0 aliphatic heterocycles. The van der Waals surface area contributed by atoms with Gasteiger partial charge in [0.05, 0.1) is 18.4 Å². The van der Waals surface area contributed by atoms with Crippen LogP contribution in [0.25, 0.3) is 0 Å². The van der Waals surface area contributed by atoms with E-state index in [1.165, 1.54) is 16.9 Å². The van der Waals surface area contributed by atoms with E-state index in [1.807, 2.05) is 35.7 Å². The van der Waals surface area contributed by atoms with Crippen LogP contribution in [0.15, 0.2) is 41.8 Å². The Bertz CT molecular complexity index is 696. The minimum absolute atomic E-state index is 0.0724. The molecule has 1 aliphatic carbocycles. The Morgan fingerprint density at radius 2 is 2.09 bits per heavy atom. The van der Waals surface area contributed by atoms with E-state index in [1.54, 1.807) is 0 Å². The Labute approximate surface area is 139 Å². The van der Waals surface area contributed by atoms with Gasteiger partial charge < -0.3 is 10.4 Å². The molecule has 1 aromatic heterocycles. The van der Waals surface area contributed by atoms with Crippen molar-refractivity contribution in [1.29, 1.82) is 0 Å². The summed E-state index contributed by atoms with van der Waals surface area (Å²) in [5.41, 5.74) is 2.31. The van der Waals surface area contributed by atoms with E-state index >= 15 is 0 Å². The van der Waals surface area contributed by atoms with Gasteiger partial charge in [0.15, 0.2) is 0 Å². The van der Waals surface area contributed by atoms with E-state index in [-0.39, 0.29) is 18.2 Å². The summed E-state index contributed by atoms with van der Waals surface area (Å²) in [4.78, 5) is 24.7. The SMILES string of the molecule is O=C(O)CC(NC(=O)C1CCCc2ccccc21)c1cccs1. The minimum atomic E-state index is -0.909. The van der Waals surface area contributed by atoms with Crippen molar-refractivity contribution in [2.24, 2.45) is 0 Å². The fourth-order valence-electron chi connectivity index (χ4n) is 3.19. The highest BCUT2D eigenvalue weighted by atomic mass is 32.1. The zero-order valence-corrected chi connectivity index (χ0v) is 13.5. The third-order valence-electron chi connectivity index (χ3n) is 4.27. The summed E-state index contributed by atoms with van der Waals surface area (Å²) in [6.45, 7) is 0. The second-order valence-electron chi connectivity index (χ2n) is 5.82. The molecule has 120 valence electrons. The Kier molecular flexibility index (Phi) is 4.76. The van der Waals surface area contributed by atoms with Gasteiger partial charge in [0.2, 0.25) is 5.91 Å².